The highest BCUT2D eigenvalue weighted by Crippen LogP contribution is 2.66. The first-order valence-corrected chi connectivity index (χ1v) is 15.8. The number of phenols is 1. The van der Waals surface area contributed by atoms with Crippen molar-refractivity contribution in [2.45, 2.75) is 107 Å². The van der Waals surface area contributed by atoms with Gasteiger partial charge < -0.3 is 14.9 Å². The lowest BCUT2D eigenvalue weighted by atomic mass is 9.48. The van der Waals surface area contributed by atoms with Crippen molar-refractivity contribution in [2.75, 3.05) is 26.2 Å². The third kappa shape index (κ3) is 4.14. The van der Waals surface area contributed by atoms with E-state index in [1.807, 2.05) is 6.07 Å². The second kappa shape index (κ2) is 10.1. The Bertz CT molecular complexity index is 1180. The number of phenolic OH excluding ortho intramolecular Hbond substituents is 1. The maximum absolute atomic E-state index is 12.7. The van der Waals surface area contributed by atoms with Crippen LogP contribution in [0.5, 0.6) is 11.5 Å². The number of likely N-dealkylation sites (N-methyl/N-ethyl adjacent to an activating group) is 1. The molecule has 39 heavy (non-hydrogen) atoms. The van der Waals surface area contributed by atoms with Crippen molar-refractivity contribution in [3.63, 3.8) is 0 Å². The molecular weight excluding hydrogens is 484 g/mol. The highest BCUT2D eigenvalue weighted by molar-refractivity contribution is 5.62. The second-order valence-corrected chi connectivity index (χ2v) is 13.2. The molecule has 2 aromatic rings. The van der Waals surface area contributed by atoms with Crippen LogP contribution in [0.1, 0.15) is 81.4 Å². The number of hydrogen-bond acceptors (Lipinski definition) is 5. The van der Waals surface area contributed by atoms with Crippen molar-refractivity contribution in [1.82, 2.24) is 9.80 Å². The fraction of sp³-hybridized carbons (Fsp3) is 0.647. The minimum absolute atomic E-state index is 0.0952. The Morgan fingerprint density at radius 3 is 2.62 bits per heavy atom. The number of piperidine rings is 1. The molecule has 2 aliphatic heterocycles. The van der Waals surface area contributed by atoms with E-state index in [1.165, 1.54) is 56.1 Å². The zero-order valence-electron chi connectivity index (χ0n) is 23.7. The number of aliphatic hydroxyl groups is 1. The number of likely N-dealkylation sites (tertiary alicyclic amines) is 1. The molecule has 3 aliphatic carbocycles. The van der Waals surface area contributed by atoms with Gasteiger partial charge in [0.05, 0.1) is 11.0 Å². The standard InChI is InChI=1S/C34H46N2O3/c1-2-35(20-9-4-3-6-10-24-11-7-5-8-12-24)27-17-18-34(38)29-22-26-15-16-28(37)31-30(26)33(34,32(27)39-31)19-21-36(29)23-25-13-14-25/h5,7-8,11-12,15-16,25,27,29,32,37-38H,2-4,6,9-10,13-14,17-23H2,1H3/t27-,29-,32+,33+,34-/m1/s1. The van der Waals surface area contributed by atoms with E-state index in [9.17, 15) is 10.2 Å². The minimum atomic E-state index is -0.788. The number of benzene rings is 2. The Kier molecular flexibility index (Phi) is 6.68. The average molecular weight is 531 g/mol. The summed E-state index contributed by atoms with van der Waals surface area (Å²) < 4.78 is 6.82. The molecule has 7 rings (SSSR count). The van der Waals surface area contributed by atoms with Gasteiger partial charge in [-0.1, -0.05) is 56.2 Å². The quantitative estimate of drug-likeness (QED) is 0.379. The van der Waals surface area contributed by atoms with Crippen LogP contribution in [0, 0.1) is 5.92 Å². The first kappa shape index (κ1) is 25.9. The van der Waals surface area contributed by atoms with Crippen LogP contribution in [0.25, 0.3) is 0 Å². The molecule has 0 unspecified atom stereocenters. The number of aromatic hydroxyl groups is 1. The van der Waals surface area contributed by atoms with Crippen molar-refractivity contribution >= 4 is 0 Å². The first-order chi connectivity index (χ1) is 19.0. The lowest BCUT2D eigenvalue weighted by Crippen LogP contribution is -2.78. The fourth-order valence-corrected chi connectivity index (χ4v) is 9.03. The summed E-state index contributed by atoms with van der Waals surface area (Å²) in [6, 6.07) is 15.2. The third-order valence-corrected chi connectivity index (χ3v) is 11.1. The summed E-state index contributed by atoms with van der Waals surface area (Å²) in [6.07, 6.45) is 12.3. The molecule has 0 amide bonds. The molecule has 5 heteroatoms. The maximum atomic E-state index is 12.7. The number of rotatable bonds is 11. The van der Waals surface area contributed by atoms with Gasteiger partial charge in [-0.25, -0.2) is 0 Å². The average Bonchev–Trinajstić information content (AvgIpc) is 3.69. The number of unbranched alkanes of at least 4 members (excludes halogenated alkanes) is 3. The Labute approximate surface area is 234 Å². The predicted octanol–water partition coefficient (Wildman–Crippen LogP) is 5.45. The fourth-order valence-electron chi connectivity index (χ4n) is 9.03. The van der Waals surface area contributed by atoms with E-state index < -0.39 is 11.0 Å². The molecule has 2 saturated carbocycles. The van der Waals surface area contributed by atoms with E-state index >= 15 is 0 Å². The van der Waals surface area contributed by atoms with E-state index in [-0.39, 0.29) is 23.9 Å². The Morgan fingerprint density at radius 1 is 1.00 bits per heavy atom. The molecule has 1 spiro atoms. The zero-order valence-corrected chi connectivity index (χ0v) is 23.7. The van der Waals surface area contributed by atoms with Crippen molar-refractivity contribution in [3.8, 4) is 11.5 Å². The molecule has 2 aromatic carbocycles. The summed E-state index contributed by atoms with van der Waals surface area (Å²) in [4.78, 5) is 5.26. The molecule has 5 aliphatic rings. The zero-order chi connectivity index (χ0) is 26.6. The molecular formula is C34H46N2O3. The van der Waals surface area contributed by atoms with Crippen LogP contribution in [0.3, 0.4) is 0 Å². The SMILES string of the molecule is CCN(CCCCCCc1ccccc1)[C@@H]1CC[C@@]2(O)[C@H]3Cc4ccc(O)c5c4[C@@]2(CCN3CC2CC2)[C@H]1O5. The molecule has 5 atom stereocenters. The van der Waals surface area contributed by atoms with Gasteiger partial charge in [0.1, 0.15) is 6.10 Å². The predicted molar refractivity (Wildman–Crippen MR) is 154 cm³/mol. The second-order valence-electron chi connectivity index (χ2n) is 13.2. The summed E-state index contributed by atoms with van der Waals surface area (Å²) >= 11 is 0. The molecule has 2 N–H and O–H groups in total. The summed E-state index contributed by atoms with van der Waals surface area (Å²) in [7, 11) is 0. The van der Waals surface area contributed by atoms with Gasteiger partial charge in [-0.2, -0.15) is 0 Å². The van der Waals surface area contributed by atoms with Crippen LogP contribution in [0.15, 0.2) is 42.5 Å². The molecule has 3 fully saturated rings. The lowest BCUT2D eigenvalue weighted by Gasteiger charge is -2.65. The van der Waals surface area contributed by atoms with E-state index in [2.05, 4.69) is 53.1 Å². The van der Waals surface area contributed by atoms with Gasteiger partial charge in [-0.15, -0.1) is 0 Å². The first-order valence-electron chi connectivity index (χ1n) is 15.8. The molecule has 210 valence electrons. The van der Waals surface area contributed by atoms with Crippen molar-refractivity contribution in [3.05, 3.63) is 59.2 Å². The van der Waals surface area contributed by atoms with Crippen LogP contribution >= 0.6 is 0 Å². The van der Waals surface area contributed by atoms with Gasteiger partial charge in [0.25, 0.3) is 0 Å². The highest BCUT2D eigenvalue weighted by Gasteiger charge is 2.73. The van der Waals surface area contributed by atoms with Crippen molar-refractivity contribution in [2.24, 2.45) is 5.92 Å². The van der Waals surface area contributed by atoms with Crippen LogP contribution < -0.4 is 4.74 Å². The molecule has 0 aromatic heterocycles. The van der Waals surface area contributed by atoms with Crippen LogP contribution in [-0.4, -0.2) is 70.0 Å². The molecule has 2 bridgehead atoms. The van der Waals surface area contributed by atoms with Gasteiger partial charge in [-0.05, 0) is 101 Å². The van der Waals surface area contributed by atoms with Crippen molar-refractivity contribution < 1.29 is 14.9 Å². The smallest absolute Gasteiger partial charge is 0.165 e. The van der Waals surface area contributed by atoms with Gasteiger partial charge in [0.15, 0.2) is 11.5 Å². The summed E-state index contributed by atoms with van der Waals surface area (Å²) in [6.45, 7) is 6.51. The normalized spacial score (nSPS) is 32.7. The van der Waals surface area contributed by atoms with Gasteiger partial charge >= 0.3 is 0 Å². The van der Waals surface area contributed by atoms with Gasteiger partial charge in [0, 0.05) is 24.2 Å². The van der Waals surface area contributed by atoms with E-state index in [0.717, 1.165) is 63.3 Å². The summed E-state index contributed by atoms with van der Waals surface area (Å²) in [5.41, 5.74) is 2.69. The van der Waals surface area contributed by atoms with Crippen molar-refractivity contribution in [1.29, 1.82) is 0 Å². The number of nitrogens with zero attached hydrogens (tertiary/aromatic N) is 2. The molecule has 0 radical (unpaired) electrons. The molecule has 2 heterocycles. The third-order valence-electron chi connectivity index (χ3n) is 11.1. The van der Waals surface area contributed by atoms with Crippen LogP contribution in [0.2, 0.25) is 0 Å². The Balaban J connectivity index is 1.09. The number of aryl methyl sites for hydroxylation is 1. The summed E-state index contributed by atoms with van der Waals surface area (Å²) in [5.74, 6) is 1.74. The van der Waals surface area contributed by atoms with E-state index in [0.29, 0.717) is 5.75 Å². The summed E-state index contributed by atoms with van der Waals surface area (Å²) in [5, 5.41) is 23.7. The molecule has 5 nitrogen and oxygen atoms in total. The van der Waals surface area contributed by atoms with E-state index in [4.69, 9.17) is 4.74 Å². The van der Waals surface area contributed by atoms with Gasteiger partial charge in [-0.3, -0.25) is 9.80 Å². The highest BCUT2D eigenvalue weighted by atomic mass is 16.5. The Hall–Kier alpha value is -2.08. The largest absolute Gasteiger partial charge is 0.504 e. The van der Waals surface area contributed by atoms with Crippen LogP contribution in [0.4, 0.5) is 0 Å². The number of hydrogen-bond donors (Lipinski definition) is 2. The monoisotopic (exact) mass is 530 g/mol. The van der Waals surface area contributed by atoms with Gasteiger partial charge in [0.2, 0.25) is 0 Å². The topological polar surface area (TPSA) is 56.2 Å². The number of ether oxygens (including phenoxy) is 1. The minimum Gasteiger partial charge on any atom is -0.504 e. The lowest BCUT2D eigenvalue weighted by molar-refractivity contribution is -0.200. The van der Waals surface area contributed by atoms with E-state index in [1.54, 1.807) is 0 Å². The Morgan fingerprint density at radius 2 is 1.82 bits per heavy atom. The van der Waals surface area contributed by atoms with Crippen LogP contribution in [-0.2, 0) is 18.3 Å². The maximum Gasteiger partial charge on any atom is 0.165 e. The molecule has 1 saturated heterocycles.